The van der Waals surface area contributed by atoms with Gasteiger partial charge in [-0.05, 0) is 42.2 Å². The van der Waals surface area contributed by atoms with Crippen LogP contribution < -0.4 is 20.5 Å². The van der Waals surface area contributed by atoms with Crippen molar-refractivity contribution in [1.82, 2.24) is 19.9 Å². The lowest BCUT2D eigenvalue weighted by molar-refractivity contribution is 0.0956. The van der Waals surface area contributed by atoms with Gasteiger partial charge < -0.3 is 25.1 Å². The van der Waals surface area contributed by atoms with Crippen molar-refractivity contribution in [3.8, 4) is 11.5 Å². The average Bonchev–Trinajstić information content (AvgIpc) is 3.07. The Hall–Kier alpha value is -3.81. The summed E-state index contributed by atoms with van der Waals surface area (Å²) in [6.45, 7) is 5.28. The van der Waals surface area contributed by atoms with Gasteiger partial charge >= 0.3 is 0 Å². The Morgan fingerprint density at radius 2 is 1.76 bits per heavy atom. The van der Waals surface area contributed by atoms with Crippen molar-refractivity contribution in [1.29, 1.82) is 0 Å². The molecule has 3 N–H and O–H groups in total. The zero-order valence-electron chi connectivity index (χ0n) is 19.4. The molecule has 0 aliphatic heterocycles. The van der Waals surface area contributed by atoms with Crippen LogP contribution in [0.25, 0.3) is 22.2 Å². The number of benzene rings is 2. The molecule has 0 unspecified atom stereocenters. The maximum absolute atomic E-state index is 13.2. The lowest BCUT2D eigenvalue weighted by atomic mass is 10.1. The first kappa shape index (κ1) is 22.4. The maximum atomic E-state index is 13.2. The van der Waals surface area contributed by atoms with E-state index in [1.165, 1.54) is 0 Å². The van der Waals surface area contributed by atoms with Gasteiger partial charge in [0.25, 0.3) is 5.91 Å². The van der Waals surface area contributed by atoms with E-state index in [2.05, 4.69) is 19.2 Å². The third kappa shape index (κ3) is 4.41. The highest BCUT2D eigenvalue weighted by Gasteiger charge is 2.24. The average molecular weight is 448 g/mol. The van der Waals surface area contributed by atoms with Gasteiger partial charge in [0.2, 0.25) is 0 Å². The molecule has 4 rings (SSSR count). The van der Waals surface area contributed by atoms with E-state index in [-0.39, 0.29) is 5.91 Å². The molecule has 172 valence electrons. The van der Waals surface area contributed by atoms with Crippen LogP contribution in [0.5, 0.6) is 11.5 Å². The molecule has 0 radical (unpaired) electrons. The SMILES string of the molecule is COc1ccc(CCNC(=O)c2c(N)n(CC(C)C)c3nc4ccccc4nc23)cc1OC. The van der Waals surface area contributed by atoms with Crippen LogP contribution in [0.15, 0.2) is 42.5 Å². The Morgan fingerprint density at radius 1 is 1.06 bits per heavy atom. The number of fused-ring (bicyclic) bond motifs is 2. The van der Waals surface area contributed by atoms with Gasteiger partial charge in [-0.1, -0.05) is 32.0 Å². The van der Waals surface area contributed by atoms with E-state index in [1.54, 1.807) is 14.2 Å². The zero-order valence-corrected chi connectivity index (χ0v) is 19.4. The topological polar surface area (TPSA) is 104 Å². The molecule has 8 heteroatoms. The summed E-state index contributed by atoms with van der Waals surface area (Å²) in [4.78, 5) is 22.7. The predicted molar refractivity (Wildman–Crippen MR) is 130 cm³/mol. The number of para-hydroxylation sites is 2. The highest BCUT2D eigenvalue weighted by molar-refractivity contribution is 6.10. The molecule has 0 fully saturated rings. The fraction of sp³-hybridized carbons (Fsp3) is 0.320. The fourth-order valence-corrected chi connectivity index (χ4v) is 3.94. The molecule has 0 bridgehead atoms. The summed E-state index contributed by atoms with van der Waals surface area (Å²) in [6, 6.07) is 13.3. The molecule has 0 saturated carbocycles. The molecular weight excluding hydrogens is 418 g/mol. The summed E-state index contributed by atoms with van der Waals surface area (Å²) in [6.07, 6.45) is 0.630. The van der Waals surface area contributed by atoms with Crippen molar-refractivity contribution in [2.45, 2.75) is 26.8 Å². The molecule has 2 aromatic heterocycles. The second-order valence-corrected chi connectivity index (χ2v) is 8.34. The van der Waals surface area contributed by atoms with E-state index in [9.17, 15) is 4.79 Å². The van der Waals surface area contributed by atoms with Crippen molar-refractivity contribution < 1.29 is 14.3 Å². The van der Waals surface area contributed by atoms with Crippen LogP contribution in [-0.4, -0.2) is 41.2 Å². The number of carbonyl (C=O) groups excluding carboxylic acids is 1. The van der Waals surface area contributed by atoms with Crippen LogP contribution in [0.4, 0.5) is 5.82 Å². The van der Waals surface area contributed by atoms with E-state index in [1.807, 2.05) is 47.0 Å². The monoisotopic (exact) mass is 447 g/mol. The van der Waals surface area contributed by atoms with E-state index in [0.717, 1.165) is 16.6 Å². The third-order valence-corrected chi connectivity index (χ3v) is 5.51. The number of amides is 1. The molecule has 0 spiro atoms. The van der Waals surface area contributed by atoms with Crippen molar-refractivity contribution in [3.63, 3.8) is 0 Å². The van der Waals surface area contributed by atoms with E-state index in [4.69, 9.17) is 25.2 Å². The summed E-state index contributed by atoms with van der Waals surface area (Å²) in [5.74, 6) is 1.78. The Bertz CT molecular complexity index is 1310. The Balaban J connectivity index is 1.62. The van der Waals surface area contributed by atoms with Crippen LogP contribution >= 0.6 is 0 Å². The smallest absolute Gasteiger partial charge is 0.257 e. The highest BCUT2D eigenvalue weighted by atomic mass is 16.5. The molecule has 1 amide bonds. The van der Waals surface area contributed by atoms with Gasteiger partial charge in [0.1, 0.15) is 16.9 Å². The third-order valence-electron chi connectivity index (χ3n) is 5.51. The molecule has 0 atom stereocenters. The molecule has 2 aromatic carbocycles. The second-order valence-electron chi connectivity index (χ2n) is 8.34. The number of aromatic nitrogens is 3. The summed E-state index contributed by atoms with van der Waals surface area (Å²) in [5, 5.41) is 2.99. The van der Waals surface area contributed by atoms with Gasteiger partial charge in [-0.3, -0.25) is 4.79 Å². The predicted octanol–water partition coefficient (Wildman–Crippen LogP) is 3.81. The minimum atomic E-state index is -0.259. The molecular formula is C25H29N5O3. The largest absolute Gasteiger partial charge is 0.493 e. The van der Waals surface area contributed by atoms with E-state index in [0.29, 0.717) is 59.5 Å². The fourth-order valence-electron chi connectivity index (χ4n) is 3.94. The van der Waals surface area contributed by atoms with E-state index >= 15 is 0 Å². The van der Waals surface area contributed by atoms with Crippen LogP contribution in [0.2, 0.25) is 0 Å². The van der Waals surface area contributed by atoms with Crippen molar-refractivity contribution in [2.75, 3.05) is 26.5 Å². The molecule has 33 heavy (non-hydrogen) atoms. The first-order chi connectivity index (χ1) is 15.9. The second kappa shape index (κ2) is 9.36. The van der Waals surface area contributed by atoms with Gasteiger partial charge in [0.15, 0.2) is 17.1 Å². The minimum Gasteiger partial charge on any atom is -0.493 e. The Kier molecular flexibility index (Phi) is 6.35. The van der Waals surface area contributed by atoms with E-state index < -0.39 is 0 Å². The first-order valence-electron chi connectivity index (χ1n) is 11.0. The number of anilines is 1. The number of hydrogen-bond donors (Lipinski definition) is 2. The van der Waals surface area contributed by atoms with Crippen molar-refractivity contribution in [3.05, 3.63) is 53.6 Å². The molecule has 0 saturated heterocycles. The first-order valence-corrected chi connectivity index (χ1v) is 11.0. The Morgan fingerprint density at radius 3 is 2.42 bits per heavy atom. The maximum Gasteiger partial charge on any atom is 0.257 e. The number of methoxy groups -OCH3 is 2. The number of hydrogen-bond acceptors (Lipinski definition) is 6. The number of nitrogens with two attached hydrogens (primary N) is 1. The number of nitrogens with zero attached hydrogens (tertiary/aromatic N) is 3. The van der Waals surface area contributed by atoms with Crippen molar-refractivity contribution >= 4 is 33.9 Å². The number of nitrogens with one attached hydrogen (secondary N) is 1. The number of nitrogen functional groups attached to an aromatic ring is 1. The molecule has 4 aromatic rings. The molecule has 8 nitrogen and oxygen atoms in total. The zero-order chi connectivity index (χ0) is 23.5. The molecule has 0 aliphatic rings. The van der Waals surface area contributed by atoms with Crippen LogP contribution in [0, 0.1) is 5.92 Å². The van der Waals surface area contributed by atoms with Gasteiger partial charge in [-0.25, -0.2) is 9.97 Å². The van der Waals surface area contributed by atoms with Gasteiger partial charge in [0, 0.05) is 13.1 Å². The Labute approximate surface area is 192 Å². The van der Waals surface area contributed by atoms with Gasteiger partial charge in [-0.2, -0.15) is 0 Å². The normalized spacial score (nSPS) is 11.3. The lowest BCUT2D eigenvalue weighted by Crippen LogP contribution is -2.26. The summed E-state index contributed by atoms with van der Waals surface area (Å²) < 4.78 is 12.5. The van der Waals surface area contributed by atoms with Crippen molar-refractivity contribution in [2.24, 2.45) is 5.92 Å². The summed E-state index contributed by atoms with van der Waals surface area (Å²) in [7, 11) is 3.20. The van der Waals surface area contributed by atoms with Gasteiger partial charge in [-0.15, -0.1) is 0 Å². The van der Waals surface area contributed by atoms with Crippen LogP contribution in [-0.2, 0) is 13.0 Å². The number of ether oxygens (including phenoxy) is 2. The quantitative estimate of drug-likeness (QED) is 0.426. The summed E-state index contributed by atoms with van der Waals surface area (Å²) >= 11 is 0. The van der Waals surface area contributed by atoms with Gasteiger partial charge in [0.05, 0.1) is 25.3 Å². The summed E-state index contributed by atoms with van der Waals surface area (Å²) in [5.41, 5.74) is 10.5. The number of rotatable bonds is 8. The van der Waals surface area contributed by atoms with Crippen LogP contribution in [0.3, 0.4) is 0 Å². The lowest BCUT2D eigenvalue weighted by Gasteiger charge is -2.11. The van der Waals surface area contributed by atoms with Crippen LogP contribution in [0.1, 0.15) is 29.8 Å². The number of carbonyl (C=O) groups is 1. The minimum absolute atomic E-state index is 0.259. The highest BCUT2D eigenvalue weighted by Crippen LogP contribution is 2.29. The molecule has 2 heterocycles. The standard InChI is InChI=1S/C25H29N5O3/c1-15(2)14-30-23(26)21(22-24(30)29-18-8-6-5-7-17(18)28-22)25(31)27-12-11-16-9-10-19(32-3)20(13-16)33-4/h5-10,13,15H,11-12,14,26H2,1-4H3,(H,27,31). The molecule has 0 aliphatic carbocycles.